The van der Waals surface area contributed by atoms with Gasteiger partial charge >= 0.3 is 6.03 Å². The van der Waals surface area contributed by atoms with Gasteiger partial charge in [0.2, 0.25) is 5.91 Å². The summed E-state index contributed by atoms with van der Waals surface area (Å²) in [4.78, 5) is 28.4. The van der Waals surface area contributed by atoms with Gasteiger partial charge in [0.1, 0.15) is 0 Å². The maximum absolute atomic E-state index is 12.4. The van der Waals surface area contributed by atoms with Crippen LogP contribution in [0.25, 0.3) is 0 Å². The average Bonchev–Trinajstić information content (AvgIpc) is 2.52. The molecule has 6 nitrogen and oxygen atoms in total. The number of aliphatic hydroxyl groups excluding tert-OH is 1. The number of amides is 3. The maximum atomic E-state index is 12.4. The van der Waals surface area contributed by atoms with Crippen molar-refractivity contribution in [3.05, 3.63) is 0 Å². The lowest BCUT2D eigenvalue weighted by molar-refractivity contribution is -0.124. The number of imide groups is 1. The van der Waals surface area contributed by atoms with E-state index in [-0.39, 0.29) is 24.5 Å². The fraction of sp³-hybridized carbons (Fsp3) is 0.882. The molecule has 0 spiro atoms. The number of nitrogens with one attached hydrogen (secondary N) is 1. The van der Waals surface area contributed by atoms with Crippen molar-refractivity contribution in [1.29, 1.82) is 0 Å². The first kappa shape index (κ1) is 19.9. The monoisotopic (exact) mass is 327 g/mol. The van der Waals surface area contributed by atoms with Crippen molar-refractivity contribution in [2.24, 2.45) is 11.8 Å². The molecule has 0 unspecified atom stereocenters. The van der Waals surface area contributed by atoms with Crippen molar-refractivity contribution in [3.63, 3.8) is 0 Å². The number of carbonyl (C=O) groups excluding carboxylic acids is 2. The van der Waals surface area contributed by atoms with Gasteiger partial charge in [-0.15, -0.1) is 0 Å². The molecule has 0 aromatic carbocycles. The van der Waals surface area contributed by atoms with Gasteiger partial charge in [-0.1, -0.05) is 33.6 Å². The fourth-order valence-corrected chi connectivity index (χ4v) is 2.89. The number of nitrogens with zero attached hydrogens (tertiary/aromatic N) is 2. The molecule has 1 aliphatic heterocycles. The third-order valence-electron chi connectivity index (χ3n) is 4.41. The molecule has 0 bridgehead atoms. The first-order chi connectivity index (χ1) is 11.0. The van der Waals surface area contributed by atoms with Gasteiger partial charge in [-0.05, 0) is 18.8 Å². The minimum atomic E-state index is -0.274. The van der Waals surface area contributed by atoms with Crippen molar-refractivity contribution >= 4 is 11.9 Å². The largest absolute Gasteiger partial charge is 0.395 e. The zero-order valence-electron chi connectivity index (χ0n) is 14.9. The van der Waals surface area contributed by atoms with Crippen molar-refractivity contribution in [2.45, 2.75) is 46.5 Å². The molecule has 23 heavy (non-hydrogen) atoms. The van der Waals surface area contributed by atoms with Crippen LogP contribution in [0.3, 0.4) is 0 Å². The number of hydrogen-bond acceptors (Lipinski definition) is 4. The highest BCUT2D eigenvalue weighted by Crippen LogP contribution is 2.17. The van der Waals surface area contributed by atoms with E-state index in [2.05, 4.69) is 31.0 Å². The van der Waals surface area contributed by atoms with Gasteiger partial charge in [0.25, 0.3) is 0 Å². The number of rotatable bonds is 8. The average molecular weight is 327 g/mol. The molecule has 1 atom stereocenters. The SMILES string of the molecule is CCC[C@@H](CCC(C)C)C(=O)NC(=O)N1CCN(CCO)CC1. The molecular weight excluding hydrogens is 294 g/mol. The summed E-state index contributed by atoms with van der Waals surface area (Å²) in [5.74, 6) is 0.370. The van der Waals surface area contributed by atoms with E-state index >= 15 is 0 Å². The third kappa shape index (κ3) is 7.31. The van der Waals surface area contributed by atoms with Gasteiger partial charge in [0, 0.05) is 38.6 Å². The molecule has 0 aromatic heterocycles. The number of hydrogen-bond donors (Lipinski definition) is 2. The molecule has 6 heteroatoms. The minimum Gasteiger partial charge on any atom is -0.395 e. The van der Waals surface area contributed by atoms with Crippen LogP contribution in [0.5, 0.6) is 0 Å². The highest BCUT2D eigenvalue weighted by atomic mass is 16.3. The lowest BCUT2D eigenvalue weighted by atomic mass is 9.93. The molecule has 1 fully saturated rings. The quantitative estimate of drug-likeness (QED) is 0.711. The van der Waals surface area contributed by atoms with Crippen LogP contribution in [0.1, 0.15) is 46.5 Å². The van der Waals surface area contributed by atoms with E-state index in [0.29, 0.717) is 25.6 Å². The standard InChI is InChI=1S/C17H33N3O3/c1-4-5-15(7-6-14(2)3)16(22)18-17(23)20-10-8-19(9-11-20)12-13-21/h14-15,21H,4-13H2,1-3H3,(H,18,22,23)/t15-/m0/s1. The predicted octanol–water partition coefficient (Wildman–Crippen LogP) is 1.68. The molecule has 1 aliphatic rings. The first-order valence-electron chi connectivity index (χ1n) is 8.90. The number of piperazine rings is 1. The molecule has 1 heterocycles. The Morgan fingerprint density at radius 1 is 1.09 bits per heavy atom. The van der Waals surface area contributed by atoms with Gasteiger partial charge < -0.3 is 10.0 Å². The summed E-state index contributed by atoms with van der Waals surface area (Å²) in [6.07, 6.45) is 3.63. The zero-order valence-corrected chi connectivity index (χ0v) is 14.9. The van der Waals surface area contributed by atoms with E-state index in [4.69, 9.17) is 5.11 Å². The molecule has 134 valence electrons. The van der Waals surface area contributed by atoms with Crippen LogP contribution >= 0.6 is 0 Å². The van der Waals surface area contributed by atoms with E-state index in [1.165, 1.54) is 0 Å². The van der Waals surface area contributed by atoms with Crippen LogP contribution in [-0.2, 0) is 4.79 Å². The van der Waals surface area contributed by atoms with Crippen LogP contribution in [0, 0.1) is 11.8 Å². The smallest absolute Gasteiger partial charge is 0.324 e. The number of urea groups is 1. The van der Waals surface area contributed by atoms with Crippen LogP contribution in [-0.4, -0.2) is 66.2 Å². The Hall–Kier alpha value is -1.14. The highest BCUT2D eigenvalue weighted by molar-refractivity contribution is 5.95. The minimum absolute atomic E-state index is 0.0676. The van der Waals surface area contributed by atoms with Gasteiger partial charge in [0.15, 0.2) is 0 Å². The van der Waals surface area contributed by atoms with E-state index in [9.17, 15) is 9.59 Å². The normalized spacial score (nSPS) is 17.3. The van der Waals surface area contributed by atoms with Crippen molar-refractivity contribution in [1.82, 2.24) is 15.1 Å². The van der Waals surface area contributed by atoms with Gasteiger partial charge in [-0.2, -0.15) is 0 Å². The summed E-state index contributed by atoms with van der Waals surface area (Å²) in [7, 11) is 0. The van der Waals surface area contributed by atoms with E-state index in [0.717, 1.165) is 38.8 Å². The second-order valence-corrected chi connectivity index (χ2v) is 6.80. The maximum Gasteiger partial charge on any atom is 0.324 e. The number of carbonyl (C=O) groups is 2. The van der Waals surface area contributed by atoms with E-state index < -0.39 is 0 Å². The second kappa shape index (κ2) is 10.6. The molecule has 1 rings (SSSR count). The number of aliphatic hydroxyl groups is 1. The Balaban J connectivity index is 2.43. The zero-order chi connectivity index (χ0) is 17.2. The van der Waals surface area contributed by atoms with Gasteiger partial charge in [-0.25, -0.2) is 4.79 Å². The van der Waals surface area contributed by atoms with Crippen LogP contribution in [0.15, 0.2) is 0 Å². The molecule has 1 saturated heterocycles. The Morgan fingerprint density at radius 3 is 2.26 bits per heavy atom. The molecule has 2 N–H and O–H groups in total. The van der Waals surface area contributed by atoms with Crippen molar-refractivity contribution in [3.8, 4) is 0 Å². The topological polar surface area (TPSA) is 72.9 Å². The molecule has 3 amide bonds. The van der Waals surface area contributed by atoms with Crippen LogP contribution < -0.4 is 5.32 Å². The molecule has 0 saturated carbocycles. The summed E-state index contributed by atoms with van der Waals surface area (Å²) >= 11 is 0. The lowest BCUT2D eigenvalue weighted by Crippen LogP contribution is -2.53. The van der Waals surface area contributed by atoms with E-state index in [1.54, 1.807) is 4.90 Å². The van der Waals surface area contributed by atoms with E-state index in [1.807, 2.05) is 0 Å². The Labute approximate surface area is 140 Å². The lowest BCUT2D eigenvalue weighted by Gasteiger charge is -2.34. The third-order valence-corrected chi connectivity index (χ3v) is 4.41. The Kier molecular flexibility index (Phi) is 9.17. The fourth-order valence-electron chi connectivity index (χ4n) is 2.89. The summed E-state index contributed by atoms with van der Waals surface area (Å²) in [5, 5.41) is 11.5. The van der Waals surface area contributed by atoms with Crippen molar-refractivity contribution in [2.75, 3.05) is 39.3 Å². The second-order valence-electron chi connectivity index (χ2n) is 6.80. The predicted molar refractivity (Wildman–Crippen MR) is 91.1 cm³/mol. The summed E-state index contributed by atoms with van der Waals surface area (Å²) < 4.78 is 0. The molecular formula is C17H33N3O3. The first-order valence-corrected chi connectivity index (χ1v) is 8.90. The van der Waals surface area contributed by atoms with Crippen molar-refractivity contribution < 1.29 is 14.7 Å². The highest BCUT2D eigenvalue weighted by Gasteiger charge is 2.25. The molecule has 0 aliphatic carbocycles. The summed E-state index contributed by atoms with van der Waals surface area (Å²) in [6, 6.07) is -0.274. The Morgan fingerprint density at radius 2 is 1.74 bits per heavy atom. The Bertz CT molecular complexity index is 366. The van der Waals surface area contributed by atoms with Crippen LogP contribution in [0.2, 0.25) is 0 Å². The van der Waals surface area contributed by atoms with Crippen LogP contribution in [0.4, 0.5) is 4.79 Å². The summed E-state index contributed by atoms with van der Waals surface area (Å²) in [5.41, 5.74) is 0. The van der Waals surface area contributed by atoms with Gasteiger partial charge in [-0.3, -0.25) is 15.0 Å². The van der Waals surface area contributed by atoms with Gasteiger partial charge in [0.05, 0.1) is 6.61 Å². The molecule has 0 aromatic rings. The number of β-amino-alcohol motifs (C(OH)–C–C–N with tert-alkyl or cyclic N) is 1. The summed E-state index contributed by atoms with van der Waals surface area (Å²) in [6.45, 7) is 9.84. The molecule has 0 radical (unpaired) electrons.